The Bertz CT molecular complexity index is 1090. The second kappa shape index (κ2) is 10.0. The Morgan fingerprint density at radius 2 is 0.969 bits per heavy atom. The van der Waals surface area contributed by atoms with Crippen molar-refractivity contribution >= 4 is 7.32 Å². The van der Waals surface area contributed by atoms with Gasteiger partial charge in [0.25, 0.3) is 0 Å². The van der Waals surface area contributed by atoms with Gasteiger partial charge in [0.2, 0.25) is 0 Å². The van der Waals surface area contributed by atoms with E-state index in [1.807, 2.05) is 72.8 Å². The lowest BCUT2D eigenvalue weighted by Crippen LogP contribution is -2.35. The van der Waals surface area contributed by atoms with E-state index >= 15 is 0 Å². The van der Waals surface area contributed by atoms with E-state index in [1.54, 1.807) is 0 Å². The molecule has 0 spiro atoms. The summed E-state index contributed by atoms with van der Waals surface area (Å²) in [5.74, 6) is 3.11. The van der Waals surface area contributed by atoms with Crippen LogP contribution in [-0.4, -0.2) is 17.4 Å². The molecule has 32 heavy (non-hydrogen) atoms. The molecule has 4 aromatic rings. The van der Waals surface area contributed by atoms with E-state index in [-0.39, 0.29) is 5.92 Å². The van der Waals surface area contributed by atoms with Gasteiger partial charge >= 0.3 is 7.32 Å². The molecule has 0 bridgehead atoms. The molecule has 0 amide bonds. The lowest BCUT2D eigenvalue weighted by atomic mass is 9.62. The van der Waals surface area contributed by atoms with E-state index in [4.69, 9.17) is 4.65 Å². The summed E-state index contributed by atoms with van der Waals surface area (Å²) in [6, 6.07) is 40.6. The number of benzene rings is 4. The van der Waals surface area contributed by atoms with E-state index in [0.29, 0.717) is 0 Å². The van der Waals surface area contributed by atoms with Crippen LogP contribution in [0.2, 0.25) is 0 Å². The van der Waals surface area contributed by atoms with Crippen molar-refractivity contribution in [3.8, 4) is 12.0 Å². The minimum atomic E-state index is -1.97. The van der Waals surface area contributed by atoms with Crippen LogP contribution in [0.15, 0.2) is 121 Å². The zero-order valence-corrected chi connectivity index (χ0v) is 17.5. The summed E-state index contributed by atoms with van der Waals surface area (Å²) in [7, 11) is -1.97. The molecule has 3 nitrogen and oxygen atoms in total. The van der Waals surface area contributed by atoms with E-state index < -0.39 is 12.7 Å². The molecule has 0 aliphatic rings. The van der Waals surface area contributed by atoms with Gasteiger partial charge in [-0.3, -0.25) is 0 Å². The third-order valence-corrected chi connectivity index (χ3v) is 5.57. The molecule has 0 saturated heterocycles. The van der Waals surface area contributed by atoms with Gasteiger partial charge in [-0.15, -0.1) is 0 Å². The summed E-state index contributed by atoms with van der Waals surface area (Å²) in [5.41, 5.74) is 3.27. The van der Waals surface area contributed by atoms with Gasteiger partial charge in [-0.2, -0.15) is 0 Å². The highest BCUT2D eigenvalue weighted by molar-refractivity contribution is 6.33. The van der Waals surface area contributed by atoms with Gasteiger partial charge in [0.15, 0.2) is 0 Å². The van der Waals surface area contributed by atoms with Crippen LogP contribution < -0.4 is 0 Å². The third-order valence-electron chi connectivity index (χ3n) is 5.57. The fraction of sp³-hybridized carbons (Fsp3) is 0.0714. The minimum Gasteiger partial charge on any atom is -0.462 e. The zero-order valence-electron chi connectivity index (χ0n) is 17.5. The fourth-order valence-electron chi connectivity index (χ4n) is 4.26. The molecule has 0 heterocycles. The van der Waals surface area contributed by atoms with Crippen LogP contribution in [-0.2, 0) is 10.1 Å². The van der Waals surface area contributed by atoms with Crippen LogP contribution in [0.5, 0.6) is 0 Å². The maximum Gasteiger partial charge on any atom is 0.716 e. The van der Waals surface area contributed by atoms with Crippen molar-refractivity contribution in [2.24, 2.45) is 0 Å². The van der Waals surface area contributed by atoms with Crippen LogP contribution in [0.4, 0.5) is 0 Å². The molecule has 0 fully saturated rings. The Labute approximate surface area is 189 Å². The standard InChI is InChI=1S/C28H23BO3/c30-29(31)32-22-21-28(25-17-9-3-10-18-25,26-19-11-4-12-20-26)27(23-13-5-1-6-14-23)24-15-7-2-8-16-24/h1-20,27,30-31H. The van der Waals surface area contributed by atoms with Gasteiger partial charge in [-0.1, -0.05) is 121 Å². The van der Waals surface area contributed by atoms with Gasteiger partial charge in [-0.25, -0.2) is 0 Å². The first-order chi connectivity index (χ1) is 15.7. The highest BCUT2D eigenvalue weighted by atomic mass is 16.6. The smallest absolute Gasteiger partial charge is 0.462 e. The normalized spacial score (nSPS) is 10.8. The third kappa shape index (κ3) is 4.45. The average molecular weight is 418 g/mol. The quantitative estimate of drug-likeness (QED) is 0.351. The summed E-state index contributed by atoms with van der Waals surface area (Å²) < 4.78 is 4.91. The Morgan fingerprint density at radius 1 is 0.594 bits per heavy atom. The maximum atomic E-state index is 9.29. The van der Waals surface area contributed by atoms with E-state index in [0.717, 1.165) is 22.3 Å². The first-order valence-corrected chi connectivity index (χ1v) is 10.5. The first-order valence-electron chi connectivity index (χ1n) is 10.5. The molecule has 0 radical (unpaired) electrons. The molecular formula is C28H23BO3. The molecule has 0 aliphatic carbocycles. The highest BCUT2D eigenvalue weighted by Gasteiger charge is 2.43. The summed E-state index contributed by atoms with van der Waals surface area (Å²) in [4.78, 5) is 0. The lowest BCUT2D eigenvalue weighted by Gasteiger charge is -2.38. The molecule has 0 atom stereocenters. The van der Waals surface area contributed by atoms with Crippen molar-refractivity contribution in [2.75, 3.05) is 0 Å². The highest BCUT2D eigenvalue weighted by Crippen LogP contribution is 2.48. The van der Waals surface area contributed by atoms with Crippen molar-refractivity contribution < 1.29 is 14.7 Å². The molecule has 4 heteroatoms. The Morgan fingerprint density at radius 3 is 1.34 bits per heavy atom. The average Bonchev–Trinajstić information content (AvgIpc) is 2.85. The molecule has 4 rings (SSSR count). The first kappa shape index (κ1) is 21.5. The molecule has 4 aromatic carbocycles. The van der Waals surface area contributed by atoms with Crippen molar-refractivity contribution in [3.63, 3.8) is 0 Å². The van der Waals surface area contributed by atoms with Gasteiger partial charge in [0, 0.05) is 5.92 Å². The van der Waals surface area contributed by atoms with Gasteiger partial charge in [0.1, 0.15) is 0 Å². The fourth-order valence-corrected chi connectivity index (χ4v) is 4.26. The van der Waals surface area contributed by atoms with Crippen molar-refractivity contribution in [1.29, 1.82) is 0 Å². The predicted octanol–water partition coefficient (Wildman–Crippen LogP) is 4.75. The second-order valence-corrected chi connectivity index (χ2v) is 7.47. The van der Waals surface area contributed by atoms with Crippen molar-refractivity contribution in [2.45, 2.75) is 11.3 Å². The SMILES string of the molecule is OB(O)OC#CC(c1ccccc1)(c1ccccc1)C(c1ccccc1)c1ccccc1. The Hall–Kier alpha value is -3.78. The van der Waals surface area contributed by atoms with E-state index in [9.17, 15) is 10.0 Å². The molecule has 0 aromatic heterocycles. The molecular weight excluding hydrogens is 395 g/mol. The predicted molar refractivity (Wildman–Crippen MR) is 127 cm³/mol. The monoisotopic (exact) mass is 418 g/mol. The summed E-state index contributed by atoms with van der Waals surface area (Å²) >= 11 is 0. The summed E-state index contributed by atoms with van der Waals surface area (Å²) in [6.07, 6.45) is 2.59. The summed E-state index contributed by atoms with van der Waals surface area (Å²) in [6.45, 7) is 0. The van der Waals surface area contributed by atoms with Gasteiger partial charge in [-0.05, 0) is 28.2 Å². The second-order valence-electron chi connectivity index (χ2n) is 7.47. The maximum absolute atomic E-state index is 9.29. The number of hydrogen-bond acceptors (Lipinski definition) is 3. The molecule has 2 N–H and O–H groups in total. The molecule has 0 aliphatic heterocycles. The van der Waals surface area contributed by atoms with Crippen LogP contribution in [0.3, 0.4) is 0 Å². The van der Waals surface area contributed by atoms with Gasteiger partial charge in [0.05, 0.1) is 11.5 Å². The molecule has 156 valence electrons. The largest absolute Gasteiger partial charge is 0.716 e. The molecule has 0 unspecified atom stereocenters. The van der Waals surface area contributed by atoms with Crippen LogP contribution in [0, 0.1) is 12.0 Å². The Balaban J connectivity index is 2.09. The number of rotatable bonds is 6. The van der Waals surface area contributed by atoms with Crippen LogP contribution in [0.1, 0.15) is 28.2 Å². The summed E-state index contributed by atoms with van der Waals surface area (Å²) in [5, 5.41) is 18.6. The zero-order chi connectivity index (χ0) is 22.2. The number of hydrogen-bond donors (Lipinski definition) is 2. The van der Waals surface area contributed by atoms with Gasteiger partial charge < -0.3 is 14.7 Å². The Kier molecular flexibility index (Phi) is 6.72. The molecule has 0 saturated carbocycles. The van der Waals surface area contributed by atoms with Crippen molar-refractivity contribution in [3.05, 3.63) is 144 Å². The lowest BCUT2D eigenvalue weighted by molar-refractivity contribution is 0.270. The van der Waals surface area contributed by atoms with Crippen molar-refractivity contribution in [1.82, 2.24) is 0 Å². The minimum absolute atomic E-state index is 0.193. The topological polar surface area (TPSA) is 49.7 Å². The van der Waals surface area contributed by atoms with Crippen LogP contribution >= 0.6 is 0 Å². The van der Waals surface area contributed by atoms with E-state index in [2.05, 4.69) is 60.6 Å². The van der Waals surface area contributed by atoms with Crippen LogP contribution in [0.25, 0.3) is 0 Å². The van der Waals surface area contributed by atoms with E-state index in [1.165, 1.54) is 0 Å².